The number of fused-ring (bicyclic) bond motifs is 3. The molecular weight excluding hydrogens is 1110 g/mol. The zero-order valence-corrected chi connectivity index (χ0v) is 47.8. The summed E-state index contributed by atoms with van der Waals surface area (Å²) >= 11 is 0. The largest absolute Gasteiger partial charge is 0.396 e. The summed E-state index contributed by atoms with van der Waals surface area (Å²) in [7, 11) is -3.45. The molecule has 9 N–H and O–H groups in total. The maximum atomic E-state index is 15.1. The van der Waals surface area contributed by atoms with Crippen LogP contribution >= 0.6 is 7.60 Å². The number of carbonyl (C=O) groups excluding carboxylic acids is 9. The Labute approximate surface area is 488 Å². The molecule has 5 atom stereocenters. The number of hydrogen-bond acceptors (Lipinski definition) is 11. The molecule has 5 heterocycles. The lowest BCUT2D eigenvalue weighted by Gasteiger charge is -2.39. The van der Waals surface area contributed by atoms with Gasteiger partial charge < -0.3 is 46.3 Å². The van der Waals surface area contributed by atoms with Crippen molar-refractivity contribution in [2.45, 2.75) is 132 Å². The SMILES string of the molecule is Cn1c(=O)n(C2CCC(=O)NC2=O)c2ccc([C@H]3CC[C@@H](CCCC(=O)N4CC[C@H]5CC[C@@H](C(=O)N[C@@H](CCC(N)=O)C(=O)NC(c6ccccc6)c6ccccc6)N5C(=O)[C@@H](NC(=O)c5cc6cc(C(=O)P(=O)(O)O)ccc6[nH]5)C4)CC3)cc21. The van der Waals surface area contributed by atoms with Crippen LogP contribution in [0.25, 0.3) is 21.9 Å². The highest BCUT2D eigenvalue weighted by molar-refractivity contribution is 7.70. The summed E-state index contributed by atoms with van der Waals surface area (Å²) < 4.78 is 14.8. The average molecular weight is 1180 g/mol. The van der Waals surface area contributed by atoms with Crippen molar-refractivity contribution < 1.29 is 57.5 Å². The summed E-state index contributed by atoms with van der Waals surface area (Å²) in [4.78, 5) is 160. The van der Waals surface area contributed by atoms with Gasteiger partial charge in [-0.15, -0.1) is 0 Å². The number of imide groups is 1. The van der Waals surface area contributed by atoms with Gasteiger partial charge in [0.1, 0.15) is 29.9 Å². The van der Waals surface area contributed by atoms with Gasteiger partial charge in [-0.05, 0) is 136 Å². The van der Waals surface area contributed by atoms with Gasteiger partial charge in [-0.25, -0.2) is 4.79 Å². The van der Waals surface area contributed by atoms with Crippen molar-refractivity contribution in [3.8, 4) is 0 Å². The van der Waals surface area contributed by atoms with E-state index in [0.29, 0.717) is 41.7 Å². The monoisotopic (exact) mass is 1180 g/mol. The summed E-state index contributed by atoms with van der Waals surface area (Å²) in [6.45, 7) is -0.0528. The Balaban J connectivity index is 0.824. The minimum Gasteiger partial charge on any atom is -0.370 e. The molecule has 85 heavy (non-hydrogen) atoms. The Bertz CT molecular complexity index is 3660. The third-order valence-corrected chi connectivity index (χ3v) is 18.1. The Morgan fingerprint density at radius 3 is 2.15 bits per heavy atom. The van der Waals surface area contributed by atoms with E-state index in [0.717, 1.165) is 48.8 Å². The molecule has 0 bridgehead atoms. The highest BCUT2D eigenvalue weighted by Crippen LogP contribution is 2.41. The highest BCUT2D eigenvalue weighted by Gasteiger charge is 2.46. The summed E-state index contributed by atoms with van der Waals surface area (Å²) in [5, 5.41) is 11.3. The minimum atomic E-state index is -5.13. The molecule has 0 radical (unpaired) electrons. The van der Waals surface area contributed by atoms with Gasteiger partial charge >= 0.3 is 13.3 Å². The second-order valence-electron chi connectivity index (χ2n) is 22.8. The molecule has 23 nitrogen and oxygen atoms in total. The number of carbonyl (C=O) groups is 9. The van der Waals surface area contributed by atoms with Crippen molar-refractivity contribution in [3.05, 3.63) is 142 Å². The van der Waals surface area contributed by atoms with Gasteiger partial charge in [0.25, 0.3) is 11.4 Å². The molecule has 10 rings (SSSR count). The predicted octanol–water partition coefficient (Wildman–Crippen LogP) is 4.61. The summed E-state index contributed by atoms with van der Waals surface area (Å²) in [6.07, 6.45) is 6.01. The first-order valence-electron chi connectivity index (χ1n) is 28.9. The van der Waals surface area contributed by atoms with Crippen molar-refractivity contribution in [1.82, 2.24) is 45.2 Å². The Morgan fingerprint density at radius 2 is 1.48 bits per heavy atom. The number of aromatic amines is 1. The first-order valence-corrected chi connectivity index (χ1v) is 30.5. The molecule has 3 saturated heterocycles. The van der Waals surface area contributed by atoms with Crippen LogP contribution in [0, 0.1) is 5.92 Å². The van der Waals surface area contributed by atoms with E-state index in [2.05, 4.69) is 26.3 Å². The molecule has 24 heteroatoms. The number of nitrogens with zero attached hydrogens (tertiary/aromatic N) is 4. The van der Waals surface area contributed by atoms with Crippen LogP contribution in [0.1, 0.15) is 145 Å². The second-order valence-corrected chi connectivity index (χ2v) is 24.3. The van der Waals surface area contributed by atoms with Crippen LogP contribution in [0.4, 0.5) is 0 Å². The highest BCUT2D eigenvalue weighted by atomic mass is 31.2. The molecule has 1 saturated carbocycles. The minimum absolute atomic E-state index is 0.0619. The maximum absolute atomic E-state index is 15.1. The molecule has 4 aromatic carbocycles. The lowest BCUT2D eigenvalue weighted by Crippen LogP contribution is -2.62. The molecule has 1 unspecified atom stereocenters. The lowest BCUT2D eigenvalue weighted by molar-refractivity contribution is -0.145. The van der Waals surface area contributed by atoms with Gasteiger partial charge in [-0.3, -0.25) is 62.2 Å². The molecule has 4 aliphatic rings. The zero-order chi connectivity index (χ0) is 60.3. The van der Waals surface area contributed by atoms with Gasteiger partial charge in [-0.1, -0.05) is 66.7 Å². The molecule has 446 valence electrons. The average Bonchev–Trinajstić information content (AvgIpc) is 2.34. The van der Waals surface area contributed by atoms with Crippen molar-refractivity contribution in [1.29, 1.82) is 0 Å². The van der Waals surface area contributed by atoms with Crippen molar-refractivity contribution in [2.24, 2.45) is 18.7 Å². The number of hydrogen-bond donors (Lipinski definition) is 8. The molecule has 3 aliphatic heterocycles. The molecule has 0 spiro atoms. The summed E-state index contributed by atoms with van der Waals surface area (Å²) in [6, 6.07) is 23.9. The Morgan fingerprint density at radius 1 is 0.776 bits per heavy atom. The Hall–Kier alpha value is -8.53. The molecule has 1 aliphatic carbocycles. The van der Waals surface area contributed by atoms with Gasteiger partial charge in [0.05, 0.1) is 17.1 Å². The van der Waals surface area contributed by atoms with Crippen LogP contribution in [-0.4, -0.2) is 124 Å². The number of rotatable bonds is 19. The number of amides is 8. The summed E-state index contributed by atoms with van der Waals surface area (Å²) in [5.74, 6) is -3.83. The Kier molecular flexibility index (Phi) is 17.8. The lowest BCUT2D eigenvalue weighted by atomic mass is 9.77. The fraction of sp³-hybridized carbons (Fsp3) is 0.410. The van der Waals surface area contributed by atoms with Crippen LogP contribution < -0.4 is 32.7 Å². The van der Waals surface area contributed by atoms with Gasteiger partial charge in [0, 0.05) is 61.9 Å². The van der Waals surface area contributed by atoms with E-state index in [9.17, 15) is 57.5 Å². The van der Waals surface area contributed by atoms with Crippen LogP contribution in [-0.2, 0) is 45.2 Å². The van der Waals surface area contributed by atoms with Gasteiger partial charge in [0.15, 0.2) is 0 Å². The standard InChI is InChI=1S/C61H69N10O13P/c1-68-50-33-39(20-24-47(50)71(61(68)81)49-26-28-52(73)66-58(49)78)36-17-15-35(16-18-36)9-8-14-53(74)69-30-29-42-21-25-48(57(77)64-44(23-27-51(62)72)55(75)67-54(37-10-4-2-5-11-37)38-12-6-3-7-13-38)70(42)59(79)46(34-69)65-56(76)45-32-41-31-40(19-22-43(41)63-45)60(80)85(82,83)84/h2-7,10-13,19-20,22,24,31-33,35-36,42,44,46,48-49,54,63H,8-9,14-18,21,23,25-30,34H2,1H3,(H2,62,72)(H,64,77)(H,65,76)(H,67,75)(H,66,73,78)(H2,82,83,84)/t35-,36+,42-,44+,46+,48+,49?/m1/s1. The second kappa shape index (κ2) is 25.4. The van der Waals surface area contributed by atoms with E-state index in [1.807, 2.05) is 78.9 Å². The molecule has 4 fully saturated rings. The summed E-state index contributed by atoms with van der Waals surface area (Å²) in [5.41, 5.74) is 7.81. The maximum Gasteiger partial charge on any atom is 0.396 e. The van der Waals surface area contributed by atoms with E-state index in [1.54, 1.807) is 16.5 Å². The predicted molar refractivity (Wildman–Crippen MR) is 311 cm³/mol. The van der Waals surface area contributed by atoms with E-state index in [4.69, 9.17) is 5.73 Å². The van der Waals surface area contributed by atoms with Crippen LogP contribution in [0.15, 0.2) is 108 Å². The van der Waals surface area contributed by atoms with Crippen molar-refractivity contribution in [2.75, 3.05) is 13.1 Å². The molecular formula is C61H69N10O13P. The van der Waals surface area contributed by atoms with E-state index in [-0.39, 0.29) is 91.7 Å². The number of H-pyrrole nitrogens is 1. The zero-order valence-electron chi connectivity index (χ0n) is 46.9. The number of piperidine rings is 1. The van der Waals surface area contributed by atoms with Gasteiger partial charge in [0.2, 0.25) is 41.4 Å². The topological polar surface area (TPSA) is 335 Å². The van der Waals surface area contributed by atoms with E-state index in [1.165, 1.54) is 33.7 Å². The number of nitrogens with two attached hydrogens (primary N) is 1. The van der Waals surface area contributed by atoms with E-state index >= 15 is 4.79 Å². The first kappa shape index (κ1) is 59.6. The van der Waals surface area contributed by atoms with Crippen LogP contribution in [0.3, 0.4) is 0 Å². The van der Waals surface area contributed by atoms with Gasteiger partial charge in [-0.2, -0.15) is 0 Å². The van der Waals surface area contributed by atoms with Crippen molar-refractivity contribution in [3.63, 3.8) is 0 Å². The number of nitrogens with one attached hydrogen (secondary N) is 5. The quantitative estimate of drug-likeness (QED) is 0.0406. The normalized spacial score (nSPS) is 21.4. The fourth-order valence-corrected chi connectivity index (χ4v) is 13.3. The number of benzene rings is 4. The fourth-order valence-electron chi connectivity index (χ4n) is 12.8. The molecule has 2 aromatic heterocycles. The smallest absolute Gasteiger partial charge is 0.370 e. The van der Waals surface area contributed by atoms with Crippen LogP contribution in [0.2, 0.25) is 0 Å². The van der Waals surface area contributed by atoms with Crippen LogP contribution in [0.5, 0.6) is 0 Å². The molecule has 8 amide bonds. The third kappa shape index (κ3) is 13.2. The number of aryl methyl sites for hydroxylation is 1. The third-order valence-electron chi connectivity index (χ3n) is 17.3. The van der Waals surface area contributed by atoms with Crippen molar-refractivity contribution >= 4 is 82.3 Å². The number of primary amides is 1. The molecule has 6 aromatic rings. The number of imidazole rings is 1. The first-order chi connectivity index (χ1) is 40.7. The van der Waals surface area contributed by atoms with E-state index < -0.39 is 84.8 Å². The number of aromatic nitrogens is 3.